The predicted molar refractivity (Wildman–Crippen MR) is 84.5 cm³/mol. The number of ether oxygens (including phenoxy) is 1. The molecule has 1 aromatic heterocycles. The normalized spacial score (nSPS) is 16.4. The van der Waals surface area contributed by atoms with Gasteiger partial charge in [-0.3, -0.25) is 9.69 Å². The summed E-state index contributed by atoms with van der Waals surface area (Å²) < 4.78 is 10.6. The van der Waals surface area contributed by atoms with Crippen LogP contribution in [0.5, 0.6) is 0 Å². The van der Waals surface area contributed by atoms with Crippen LogP contribution in [0.25, 0.3) is 11.5 Å². The van der Waals surface area contributed by atoms with E-state index in [1.807, 2.05) is 31.2 Å². The topological polar surface area (TPSA) is 68.5 Å². The Morgan fingerprint density at radius 1 is 1.26 bits per heavy atom. The summed E-state index contributed by atoms with van der Waals surface area (Å²) in [4.78, 5) is 13.8. The number of aromatic nitrogens is 2. The minimum Gasteiger partial charge on any atom is -0.469 e. The van der Waals surface area contributed by atoms with E-state index in [-0.39, 0.29) is 11.9 Å². The molecule has 0 unspecified atom stereocenters. The molecular weight excluding hydrogens is 294 g/mol. The molecule has 1 aromatic carbocycles. The summed E-state index contributed by atoms with van der Waals surface area (Å²) in [6, 6.07) is 8.01. The summed E-state index contributed by atoms with van der Waals surface area (Å²) in [7, 11) is 1.44. The molecular formula is C17H21N3O3. The number of hydrogen-bond acceptors (Lipinski definition) is 6. The molecule has 0 saturated carbocycles. The molecule has 0 radical (unpaired) electrons. The fraction of sp³-hybridized carbons (Fsp3) is 0.471. The van der Waals surface area contributed by atoms with Crippen molar-refractivity contribution in [2.45, 2.75) is 26.3 Å². The molecule has 0 bridgehead atoms. The van der Waals surface area contributed by atoms with Crippen LogP contribution in [0, 0.1) is 12.8 Å². The Morgan fingerprint density at radius 2 is 1.96 bits per heavy atom. The highest BCUT2D eigenvalue weighted by Crippen LogP contribution is 2.22. The SMILES string of the molecule is COC(=O)C1CCN(Cc2nnc(-c3ccc(C)cc3)o2)CC1. The molecule has 3 rings (SSSR count). The van der Waals surface area contributed by atoms with Gasteiger partial charge in [-0.25, -0.2) is 0 Å². The van der Waals surface area contributed by atoms with Gasteiger partial charge in [-0.1, -0.05) is 17.7 Å². The summed E-state index contributed by atoms with van der Waals surface area (Å²) >= 11 is 0. The maximum absolute atomic E-state index is 11.5. The van der Waals surface area contributed by atoms with Crippen LogP contribution >= 0.6 is 0 Å². The zero-order valence-corrected chi connectivity index (χ0v) is 13.5. The van der Waals surface area contributed by atoms with Gasteiger partial charge in [-0.2, -0.15) is 0 Å². The summed E-state index contributed by atoms with van der Waals surface area (Å²) in [5.41, 5.74) is 2.13. The van der Waals surface area contributed by atoms with E-state index in [0.717, 1.165) is 31.5 Å². The Morgan fingerprint density at radius 3 is 2.61 bits per heavy atom. The molecule has 122 valence electrons. The highest BCUT2D eigenvalue weighted by molar-refractivity contribution is 5.72. The number of hydrogen-bond donors (Lipinski definition) is 0. The van der Waals surface area contributed by atoms with Crippen molar-refractivity contribution < 1.29 is 13.9 Å². The summed E-state index contributed by atoms with van der Waals surface area (Å²) in [6.45, 7) is 4.33. The molecule has 6 nitrogen and oxygen atoms in total. The molecule has 2 heterocycles. The van der Waals surface area contributed by atoms with E-state index in [9.17, 15) is 4.79 Å². The van der Waals surface area contributed by atoms with Crippen molar-refractivity contribution in [1.29, 1.82) is 0 Å². The third-order valence-electron chi connectivity index (χ3n) is 4.25. The monoisotopic (exact) mass is 315 g/mol. The quantitative estimate of drug-likeness (QED) is 0.807. The summed E-state index contributed by atoms with van der Waals surface area (Å²) in [5, 5.41) is 8.25. The van der Waals surface area contributed by atoms with Gasteiger partial charge in [0, 0.05) is 5.56 Å². The lowest BCUT2D eigenvalue weighted by molar-refractivity contribution is -0.147. The Labute approximate surface area is 135 Å². The van der Waals surface area contributed by atoms with Crippen molar-refractivity contribution in [3.05, 3.63) is 35.7 Å². The van der Waals surface area contributed by atoms with Crippen molar-refractivity contribution in [3.8, 4) is 11.5 Å². The maximum Gasteiger partial charge on any atom is 0.308 e. The number of methoxy groups -OCH3 is 1. The summed E-state index contributed by atoms with van der Waals surface area (Å²) in [6.07, 6.45) is 1.62. The number of likely N-dealkylation sites (tertiary alicyclic amines) is 1. The van der Waals surface area contributed by atoms with Crippen molar-refractivity contribution in [2.75, 3.05) is 20.2 Å². The Kier molecular flexibility index (Phi) is 4.71. The molecule has 1 saturated heterocycles. The molecule has 0 N–H and O–H groups in total. The van der Waals surface area contributed by atoms with Crippen LogP contribution in [-0.4, -0.2) is 41.3 Å². The second-order valence-corrected chi connectivity index (χ2v) is 5.94. The second kappa shape index (κ2) is 6.91. The van der Waals surface area contributed by atoms with E-state index in [0.29, 0.717) is 18.3 Å². The number of carbonyl (C=O) groups is 1. The van der Waals surface area contributed by atoms with Crippen LogP contribution in [0.2, 0.25) is 0 Å². The van der Waals surface area contributed by atoms with Gasteiger partial charge in [0.2, 0.25) is 11.8 Å². The maximum atomic E-state index is 11.5. The Hall–Kier alpha value is -2.21. The van der Waals surface area contributed by atoms with E-state index in [1.165, 1.54) is 12.7 Å². The Balaban J connectivity index is 1.58. The minimum absolute atomic E-state index is 0.0158. The van der Waals surface area contributed by atoms with Crippen molar-refractivity contribution in [2.24, 2.45) is 5.92 Å². The molecule has 6 heteroatoms. The zero-order valence-electron chi connectivity index (χ0n) is 13.5. The molecule has 0 spiro atoms. The van der Waals surface area contributed by atoms with Crippen molar-refractivity contribution in [3.63, 3.8) is 0 Å². The number of rotatable bonds is 4. The zero-order chi connectivity index (χ0) is 16.2. The van der Waals surface area contributed by atoms with E-state index < -0.39 is 0 Å². The average Bonchev–Trinajstić information content (AvgIpc) is 3.04. The van der Waals surface area contributed by atoms with Gasteiger partial charge in [0.15, 0.2) is 0 Å². The third kappa shape index (κ3) is 3.76. The molecule has 2 aromatic rings. The van der Waals surface area contributed by atoms with Crippen LogP contribution < -0.4 is 0 Å². The molecule has 1 fully saturated rings. The smallest absolute Gasteiger partial charge is 0.308 e. The first kappa shape index (κ1) is 15.7. The third-order valence-corrected chi connectivity index (χ3v) is 4.25. The lowest BCUT2D eigenvalue weighted by Gasteiger charge is -2.29. The number of nitrogens with zero attached hydrogens (tertiary/aromatic N) is 3. The first-order valence-corrected chi connectivity index (χ1v) is 7.85. The molecule has 0 atom stereocenters. The lowest BCUT2D eigenvalue weighted by Crippen LogP contribution is -2.36. The van der Waals surface area contributed by atoms with Gasteiger partial charge < -0.3 is 9.15 Å². The largest absolute Gasteiger partial charge is 0.469 e. The number of benzene rings is 1. The number of carbonyl (C=O) groups excluding carboxylic acids is 1. The highest BCUT2D eigenvalue weighted by atomic mass is 16.5. The first-order valence-electron chi connectivity index (χ1n) is 7.85. The van der Waals surface area contributed by atoms with Crippen LogP contribution in [0.4, 0.5) is 0 Å². The van der Waals surface area contributed by atoms with Gasteiger partial charge in [0.1, 0.15) is 0 Å². The average molecular weight is 315 g/mol. The van der Waals surface area contributed by atoms with Crippen LogP contribution in [0.3, 0.4) is 0 Å². The first-order chi connectivity index (χ1) is 11.2. The standard InChI is InChI=1S/C17H21N3O3/c1-12-3-5-13(6-4-12)16-19-18-15(23-16)11-20-9-7-14(8-10-20)17(21)22-2/h3-6,14H,7-11H2,1-2H3. The molecule has 0 aliphatic carbocycles. The van der Waals surface area contributed by atoms with Gasteiger partial charge in [0.25, 0.3) is 0 Å². The van der Waals surface area contributed by atoms with Crippen molar-refractivity contribution in [1.82, 2.24) is 15.1 Å². The Bertz CT molecular complexity index is 658. The van der Waals surface area contributed by atoms with Gasteiger partial charge >= 0.3 is 5.97 Å². The van der Waals surface area contributed by atoms with Crippen LogP contribution in [0.1, 0.15) is 24.3 Å². The summed E-state index contributed by atoms with van der Waals surface area (Å²) in [5.74, 6) is 1.06. The van der Waals surface area contributed by atoms with E-state index in [2.05, 4.69) is 15.1 Å². The second-order valence-electron chi connectivity index (χ2n) is 5.94. The minimum atomic E-state index is -0.107. The fourth-order valence-corrected chi connectivity index (χ4v) is 2.82. The lowest BCUT2D eigenvalue weighted by atomic mass is 9.97. The van der Waals surface area contributed by atoms with Gasteiger partial charge in [-0.15, -0.1) is 10.2 Å². The van der Waals surface area contributed by atoms with E-state index in [4.69, 9.17) is 9.15 Å². The number of aryl methyl sites for hydroxylation is 1. The molecule has 0 amide bonds. The molecule has 23 heavy (non-hydrogen) atoms. The predicted octanol–water partition coefficient (Wildman–Crippen LogP) is 2.43. The number of esters is 1. The van der Waals surface area contributed by atoms with Crippen LogP contribution in [0.15, 0.2) is 28.7 Å². The molecule has 1 aliphatic rings. The van der Waals surface area contributed by atoms with Gasteiger partial charge in [-0.05, 0) is 45.0 Å². The van der Waals surface area contributed by atoms with E-state index in [1.54, 1.807) is 0 Å². The molecule has 1 aliphatic heterocycles. The van der Waals surface area contributed by atoms with Gasteiger partial charge in [0.05, 0.1) is 19.6 Å². The highest BCUT2D eigenvalue weighted by Gasteiger charge is 2.26. The van der Waals surface area contributed by atoms with E-state index >= 15 is 0 Å². The fourth-order valence-electron chi connectivity index (χ4n) is 2.82. The van der Waals surface area contributed by atoms with Crippen molar-refractivity contribution >= 4 is 5.97 Å². The number of piperidine rings is 1. The van der Waals surface area contributed by atoms with Crippen LogP contribution in [-0.2, 0) is 16.1 Å².